The summed E-state index contributed by atoms with van der Waals surface area (Å²) < 4.78 is 32.8. The molecule has 0 spiro atoms. The van der Waals surface area contributed by atoms with E-state index in [1.165, 1.54) is 89.9 Å². The van der Waals surface area contributed by atoms with Gasteiger partial charge >= 0.3 is 19.8 Å². The van der Waals surface area contributed by atoms with Crippen LogP contribution in [0, 0.1) is 0 Å². The van der Waals surface area contributed by atoms with Gasteiger partial charge in [0.25, 0.3) is 0 Å². The highest BCUT2D eigenvalue weighted by Gasteiger charge is 2.27. The Kier molecular flexibility index (Phi) is 43.0. The lowest BCUT2D eigenvalue weighted by Crippen LogP contribution is -2.29. The summed E-state index contributed by atoms with van der Waals surface area (Å²) in [5.41, 5.74) is 0. The van der Waals surface area contributed by atoms with Crippen LogP contribution in [-0.2, 0) is 32.7 Å². The van der Waals surface area contributed by atoms with Crippen LogP contribution in [0.4, 0.5) is 0 Å². The molecule has 0 fully saturated rings. The molecule has 0 heterocycles. The number of carbonyl (C=O) groups excluding carboxylic acids is 2. The third kappa shape index (κ3) is 43.7. The Morgan fingerprint density at radius 2 is 0.917 bits per heavy atom. The molecule has 348 valence electrons. The Morgan fingerprint density at radius 3 is 1.38 bits per heavy atom. The molecule has 0 radical (unpaired) electrons. The number of aliphatic hydroxyl groups excluding tert-OH is 2. The average Bonchev–Trinajstić information content (AvgIpc) is 3.24. The van der Waals surface area contributed by atoms with Gasteiger partial charge in [-0.25, -0.2) is 4.57 Å². The van der Waals surface area contributed by atoms with E-state index in [1.54, 1.807) is 0 Å². The minimum Gasteiger partial charge on any atom is -0.462 e. The fourth-order valence-corrected chi connectivity index (χ4v) is 7.10. The number of carbonyl (C=O) groups is 2. The molecule has 3 N–H and O–H groups in total. The van der Waals surface area contributed by atoms with Gasteiger partial charge in [0.05, 0.1) is 19.8 Å². The van der Waals surface area contributed by atoms with E-state index in [1.807, 2.05) is 0 Å². The first-order valence-electron chi connectivity index (χ1n) is 23.7. The zero-order valence-corrected chi connectivity index (χ0v) is 38.8. The number of aliphatic hydroxyl groups is 2. The largest absolute Gasteiger partial charge is 0.472 e. The molecule has 0 amide bonds. The van der Waals surface area contributed by atoms with Gasteiger partial charge < -0.3 is 24.6 Å². The maximum Gasteiger partial charge on any atom is 0.472 e. The first-order valence-corrected chi connectivity index (χ1v) is 25.2. The first kappa shape index (κ1) is 57.7. The number of ether oxygens (including phenoxy) is 2. The zero-order chi connectivity index (χ0) is 44.0. The number of phosphoric acid groups is 1. The normalized spacial score (nSPS) is 14.3. The van der Waals surface area contributed by atoms with E-state index >= 15 is 0 Å². The minimum absolute atomic E-state index is 0.144. The van der Waals surface area contributed by atoms with Crippen LogP contribution in [0.1, 0.15) is 200 Å². The lowest BCUT2D eigenvalue weighted by molar-refractivity contribution is -0.161. The molecule has 0 aliphatic rings. The van der Waals surface area contributed by atoms with E-state index in [2.05, 4.69) is 74.6 Å². The van der Waals surface area contributed by atoms with Crippen molar-refractivity contribution in [2.24, 2.45) is 0 Å². The molecule has 3 atom stereocenters. The van der Waals surface area contributed by atoms with Gasteiger partial charge in [-0.3, -0.25) is 18.6 Å². The highest BCUT2D eigenvalue weighted by Crippen LogP contribution is 2.43. The Balaban J connectivity index is 4.29. The number of allylic oxidation sites excluding steroid dienone is 10. The van der Waals surface area contributed by atoms with Crippen molar-refractivity contribution in [1.29, 1.82) is 0 Å². The van der Waals surface area contributed by atoms with Crippen LogP contribution in [-0.4, -0.2) is 65.7 Å². The summed E-state index contributed by atoms with van der Waals surface area (Å²) in [6, 6.07) is 0. The second kappa shape index (κ2) is 44.7. The molecule has 0 aliphatic heterocycles. The highest BCUT2D eigenvalue weighted by atomic mass is 31.2. The van der Waals surface area contributed by atoms with Crippen molar-refractivity contribution in [2.45, 2.75) is 212 Å². The summed E-state index contributed by atoms with van der Waals surface area (Å²) in [5, 5.41) is 18.4. The molecular formula is C49H87O10P. The number of rotatable bonds is 44. The molecule has 1 unspecified atom stereocenters. The van der Waals surface area contributed by atoms with E-state index in [9.17, 15) is 24.2 Å². The number of hydrogen-bond acceptors (Lipinski definition) is 9. The number of phosphoric ester groups is 1. The summed E-state index contributed by atoms with van der Waals surface area (Å²) in [6.45, 7) is 2.25. The second-order valence-electron chi connectivity index (χ2n) is 15.8. The molecule has 0 aliphatic carbocycles. The standard InChI is InChI=1S/C49H87O10P/c1-3-5-7-9-11-13-15-17-19-21-23-25-27-29-31-33-35-37-39-41-49(53)59-47(45-58-60(54,55)57-43-46(51)42-50)44-56-48(52)40-38-36-34-32-30-28-26-24-22-20-18-16-14-12-10-8-6-4-2/h5,7,11,13,17,19,23,25,29,31,46-47,50-51H,3-4,6,8-10,12,14-16,18,20-22,24,26-28,30,32-45H2,1-2H3,(H,54,55)/b7-5+,13-11+,19-17+,25-23+,31-29+/t46-,47+/m0/s1. The molecule has 0 saturated carbocycles. The summed E-state index contributed by atoms with van der Waals surface area (Å²) >= 11 is 0. The maximum absolute atomic E-state index is 12.6. The van der Waals surface area contributed by atoms with Gasteiger partial charge in [0.2, 0.25) is 0 Å². The van der Waals surface area contributed by atoms with Gasteiger partial charge in [0.1, 0.15) is 12.7 Å². The average molecular weight is 867 g/mol. The minimum atomic E-state index is -4.63. The SMILES string of the molecule is CC/C=C/C/C=C/C/C=C/C/C=C/C/C=C/CCCCCC(=O)O[C@H](COC(=O)CCCCCCCCCCCCCCCCCCCC)COP(=O)(O)OC[C@@H](O)CO. The quantitative estimate of drug-likeness (QED) is 0.0234. The first-order chi connectivity index (χ1) is 29.2. The maximum atomic E-state index is 12.6. The molecule has 0 aromatic rings. The molecule has 0 aromatic carbocycles. The van der Waals surface area contributed by atoms with E-state index in [-0.39, 0.29) is 19.4 Å². The van der Waals surface area contributed by atoms with Crippen molar-refractivity contribution in [1.82, 2.24) is 0 Å². The van der Waals surface area contributed by atoms with Crippen LogP contribution >= 0.6 is 7.82 Å². The fourth-order valence-electron chi connectivity index (χ4n) is 6.31. The van der Waals surface area contributed by atoms with Crippen LogP contribution in [0.2, 0.25) is 0 Å². The second-order valence-corrected chi connectivity index (χ2v) is 17.2. The zero-order valence-electron chi connectivity index (χ0n) is 37.9. The van der Waals surface area contributed by atoms with Crippen LogP contribution < -0.4 is 0 Å². The van der Waals surface area contributed by atoms with E-state index in [0.29, 0.717) is 12.8 Å². The Morgan fingerprint density at radius 1 is 0.517 bits per heavy atom. The van der Waals surface area contributed by atoms with Crippen molar-refractivity contribution in [3.8, 4) is 0 Å². The molecule has 0 bridgehead atoms. The Bertz CT molecular complexity index is 1180. The summed E-state index contributed by atoms with van der Waals surface area (Å²) in [7, 11) is -4.63. The Labute approximate surface area is 366 Å². The third-order valence-electron chi connectivity index (χ3n) is 9.94. The van der Waals surface area contributed by atoms with E-state index in [4.69, 9.17) is 23.6 Å². The molecule has 60 heavy (non-hydrogen) atoms. The van der Waals surface area contributed by atoms with Crippen molar-refractivity contribution in [2.75, 3.05) is 26.4 Å². The predicted octanol–water partition coefficient (Wildman–Crippen LogP) is 13.1. The van der Waals surface area contributed by atoms with Crippen LogP contribution in [0.3, 0.4) is 0 Å². The summed E-state index contributed by atoms with van der Waals surface area (Å²) in [4.78, 5) is 35.1. The molecular weight excluding hydrogens is 780 g/mol. The fraction of sp³-hybridized carbons (Fsp3) is 0.755. The molecule has 0 rings (SSSR count). The van der Waals surface area contributed by atoms with Gasteiger partial charge in [0.15, 0.2) is 6.10 Å². The molecule has 10 nitrogen and oxygen atoms in total. The van der Waals surface area contributed by atoms with Gasteiger partial charge in [-0.05, 0) is 57.8 Å². The van der Waals surface area contributed by atoms with Crippen molar-refractivity contribution < 1.29 is 47.8 Å². The van der Waals surface area contributed by atoms with Gasteiger partial charge in [-0.15, -0.1) is 0 Å². The monoisotopic (exact) mass is 867 g/mol. The van der Waals surface area contributed by atoms with Crippen LogP contribution in [0.15, 0.2) is 60.8 Å². The number of hydrogen-bond donors (Lipinski definition) is 3. The van der Waals surface area contributed by atoms with Crippen molar-refractivity contribution >= 4 is 19.8 Å². The molecule has 11 heteroatoms. The predicted molar refractivity (Wildman–Crippen MR) is 247 cm³/mol. The Hall–Kier alpha value is -2.33. The lowest BCUT2D eigenvalue weighted by Gasteiger charge is -2.20. The van der Waals surface area contributed by atoms with Gasteiger partial charge in [0, 0.05) is 12.8 Å². The van der Waals surface area contributed by atoms with Crippen LogP contribution in [0.5, 0.6) is 0 Å². The topological polar surface area (TPSA) is 149 Å². The third-order valence-corrected chi connectivity index (χ3v) is 10.9. The summed E-state index contributed by atoms with van der Waals surface area (Å²) in [6.07, 6.45) is 50.4. The van der Waals surface area contributed by atoms with Crippen molar-refractivity contribution in [3.63, 3.8) is 0 Å². The highest BCUT2D eigenvalue weighted by molar-refractivity contribution is 7.47. The molecule has 0 saturated heterocycles. The van der Waals surface area contributed by atoms with Gasteiger partial charge in [-0.2, -0.15) is 0 Å². The van der Waals surface area contributed by atoms with E-state index < -0.39 is 51.8 Å². The van der Waals surface area contributed by atoms with Gasteiger partial charge in [-0.1, -0.05) is 190 Å². The lowest BCUT2D eigenvalue weighted by atomic mass is 10.0. The summed E-state index contributed by atoms with van der Waals surface area (Å²) in [5.74, 6) is -0.959. The number of esters is 2. The van der Waals surface area contributed by atoms with E-state index in [0.717, 1.165) is 70.6 Å². The smallest absolute Gasteiger partial charge is 0.462 e. The molecule has 0 aromatic heterocycles. The van der Waals surface area contributed by atoms with Crippen LogP contribution in [0.25, 0.3) is 0 Å². The van der Waals surface area contributed by atoms with Crippen molar-refractivity contribution in [3.05, 3.63) is 60.8 Å². The number of unbranched alkanes of at least 4 members (excludes halogenated alkanes) is 20.